The van der Waals surface area contributed by atoms with E-state index in [1.807, 2.05) is 30.3 Å². The van der Waals surface area contributed by atoms with Crippen molar-refractivity contribution in [3.63, 3.8) is 0 Å². The van der Waals surface area contributed by atoms with Crippen molar-refractivity contribution in [2.24, 2.45) is 0 Å². The summed E-state index contributed by atoms with van der Waals surface area (Å²) in [7, 11) is 0. The molecule has 2 unspecified atom stereocenters. The minimum atomic E-state index is -0.358. The number of hydrogen-bond acceptors (Lipinski definition) is 2. The molecule has 1 aromatic carbocycles. The van der Waals surface area contributed by atoms with Crippen molar-refractivity contribution in [2.45, 2.75) is 32.2 Å². The molecule has 0 saturated heterocycles. The molecule has 0 spiro atoms. The SMILES string of the molecule is C=CC(CC(C)O)OCc1ccccc1. The van der Waals surface area contributed by atoms with Crippen LogP contribution in [0.25, 0.3) is 0 Å². The maximum absolute atomic E-state index is 9.22. The van der Waals surface area contributed by atoms with Crippen molar-refractivity contribution >= 4 is 0 Å². The van der Waals surface area contributed by atoms with Crippen molar-refractivity contribution in [2.75, 3.05) is 0 Å². The van der Waals surface area contributed by atoms with E-state index < -0.39 is 0 Å². The summed E-state index contributed by atoms with van der Waals surface area (Å²) >= 11 is 0. The van der Waals surface area contributed by atoms with E-state index in [2.05, 4.69) is 6.58 Å². The first-order valence-electron chi connectivity index (χ1n) is 5.18. The van der Waals surface area contributed by atoms with Crippen molar-refractivity contribution in [3.8, 4) is 0 Å². The van der Waals surface area contributed by atoms with E-state index in [0.717, 1.165) is 5.56 Å². The highest BCUT2D eigenvalue weighted by atomic mass is 16.5. The third-order valence-electron chi connectivity index (χ3n) is 2.14. The molecule has 2 heteroatoms. The van der Waals surface area contributed by atoms with Crippen LogP contribution in [0, 0.1) is 0 Å². The summed E-state index contributed by atoms with van der Waals surface area (Å²) in [4.78, 5) is 0. The Morgan fingerprint density at radius 3 is 2.60 bits per heavy atom. The number of aliphatic hydroxyl groups is 1. The van der Waals surface area contributed by atoms with Gasteiger partial charge in [-0.15, -0.1) is 6.58 Å². The Balaban J connectivity index is 2.38. The molecule has 0 heterocycles. The van der Waals surface area contributed by atoms with Crippen molar-refractivity contribution in [1.82, 2.24) is 0 Å². The van der Waals surface area contributed by atoms with Gasteiger partial charge in [0, 0.05) is 6.42 Å². The average Bonchev–Trinajstić information content (AvgIpc) is 2.25. The summed E-state index contributed by atoms with van der Waals surface area (Å²) in [5.41, 5.74) is 1.13. The second-order valence-corrected chi connectivity index (χ2v) is 3.66. The first kappa shape index (κ1) is 12.0. The smallest absolute Gasteiger partial charge is 0.0782 e. The van der Waals surface area contributed by atoms with Crippen molar-refractivity contribution in [3.05, 3.63) is 48.6 Å². The summed E-state index contributed by atoms with van der Waals surface area (Å²) in [5, 5.41) is 9.22. The van der Waals surface area contributed by atoms with E-state index in [9.17, 15) is 5.11 Å². The van der Waals surface area contributed by atoms with E-state index >= 15 is 0 Å². The van der Waals surface area contributed by atoms with Gasteiger partial charge in [-0.25, -0.2) is 0 Å². The van der Waals surface area contributed by atoms with E-state index in [1.54, 1.807) is 13.0 Å². The van der Waals surface area contributed by atoms with Gasteiger partial charge < -0.3 is 9.84 Å². The van der Waals surface area contributed by atoms with Gasteiger partial charge in [0.2, 0.25) is 0 Å². The Labute approximate surface area is 91.2 Å². The molecule has 2 nitrogen and oxygen atoms in total. The van der Waals surface area contributed by atoms with Crippen LogP contribution in [0.2, 0.25) is 0 Å². The topological polar surface area (TPSA) is 29.5 Å². The molecule has 0 aliphatic carbocycles. The van der Waals surface area contributed by atoms with E-state index in [-0.39, 0.29) is 12.2 Å². The zero-order chi connectivity index (χ0) is 11.1. The number of benzene rings is 1. The maximum atomic E-state index is 9.22. The predicted octanol–water partition coefficient (Wildman–Crippen LogP) is 2.53. The molecular weight excluding hydrogens is 188 g/mol. The molecule has 1 N–H and O–H groups in total. The summed E-state index contributed by atoms with van der Waals surface area (Å²) < 4.78 is 5.61. The zero-order valence-corrected chi connectivity index (χ0v) is 9.10. The molecule has 0 fully saturated rings. The van der Waals surface area contributed by atoms with Gasteiger partial charge >= 0.3 is 0 Å². The highest BCUT2D eigenvalue weighted by Crippen LogP contribution is 2.08. The molecule has 0 bridgehead atoms. The molecule has 0 aliphatic rings. The molecular formula is C13H18O2. The minimum Gasteiger partial charge on any atom is -0.393 e. The molecule has 0 aliphatic heterocycles. The maximum Gasteiger partial charge on any atom is 0.0782 e. The summed E-state index contributed by atoms with van der Waals surface area (Å²) in [6.07, 6.45) is 1.89. The van der Waals surface area contributed by atoms with Gasteiger partial charge in [0.05, 0.1) is 18.8 Å². The second-order valence-electron chi connectivity index (χ2n) is 3.66. The van der Waals surface area contributed by atoms with E-state index in [0.29, 0.717) is 13.0 Å². The molecule has 0 amide bonds. The quantitative estimate of drug-likeness (QED) is 0.725. The van der Waals surface area contributed by atoms with Crippen LogP contribution in [0.3, 0.4) is 0 Å². The fraction of sp³-hybridized carbons (Fsp3) is 0.385. The van der Waals surface area contributed by atoms with Crippen LogP contribution >= 0.6 is 0 Å². The predicted molar refractivity (Wildman–Crippen MR) is 61.5 cm³/mol. The van der Waals surface area contributed by atoms with Crippen LogP contribution in [-0.2, 0) is 11.3 Å². The lowest BCUT2D eigenvalue weighted by Gasteiger charge is -2.15. The van der Waals surface area contributed by atoms with Crippen molar-refractivity contribution in [1.29, 1.82) is 0 Å². The minimum absolute atomic E-state index is 0.0785. The lowest BCUT2D eigenvalue weighted by molar-refractivity contribution is 0.0358. The first-order chi connectivity index (χ1) is 7.22. The van der Waals surface area contributed by atoms with Gasteiger partial charge in [0.1, 0.15) is 0 Å². The average molecular weight is 206 g/mol. The van der Waals surface area contributed by atoms with Crippen LogP contribution in [0.1, 0.15) is 18.9 Å². The Morgan fingerprint density at radius 2 is 2.07 bits per heavy atom. The van der Waals surface area contributed by atoms with Gasteiger partial charge in [-0.1, -0.05) is 36.4 Å². The molecule has 15 heavy (non-hydrogen) atoms. The highest BCUT2D eigenvalue weighted by Gasteiger charge is 2.07. The molecule has 1 aromatic rings. The number of rotatable bonds is 6. The largest absolute Gasteiger partial charge is 0.393 e. The van der Waals surface area contributed by atoms with E-state index in [4.69, 9.17) is 4.74 Å². The monoisotopic (exact) mass is 206 g/mol. The van der Waals surface area contributed by atoms with Gasteiger partial charge in [0.15, 0.2) is 0 Å². The number of hydrogen-bond donors (Lipinski definition) is 1. The van der Waals surface area contributed by atoms with Crippen LogP contribution in [0.5, 0.6) is 0 Å². The number of ether oxygens (including phenoxy) is 1. The van der Waals surface area contributed by atoms with Crippen LogP contribution in [-0.4, -0.2) is 17.3 Å². The van der Waals surface area contributed by atoms with Crippen LogP contribution in [0.4, 0.5) is 0 Å². The van der Waals surface area contributed by atoms with Gasteiger partial charge in [0.25, 0.3) is 0 Å². The highest BCUT2D eigenvalue weighted by molar-refractivity contribution is 5.13. The Bertz CT molecular complexity index is 280. The molecule has 1 rings (SSSR count). The van der Waals surface area contributed by atoms with Crippen molar-refractivity contribution < 1.29 is 9.84 Å². The molecule has 0 saturated carbocycles. The molecule has 0 aromatic heterocycles. The fourth-order valence-electron chi connectivity index (χ4n) is 1.35. The molecule has 2 atom stereocenters. The first-order valence-corrected chi connectivity index (χ1v) is 5.18. The van der Waals surface area contributed by atoms with Gasteiger partial charge in [-0.2, -0.15) is 0 Å². The van der Waals surface area contributed by atoms with E-state index in [1.165, 1.54) is 0 Å². The summed E-state index contributed by atoms with van der Waals surface area (Å²) in [5.74, 6) is 0. The third-order valence-corrected chi connectivity index (χ3v) is 2.14. The lowest BCUT2D eigenvalue weighted by Crippen LogP contribution is -2.16. The Kier molecular flexibility index (Phi) is 5.08. The fourth-order valence-corrected chi connectivity index (χ4v) is 1.35. The molecule has 82 valence electrons. The number of aliphatic hydroxyl groups excluding tert-OH is 1. The zero-order valence-electron chi connectivity index (χ0n) is 9.10. The van der Waals surface area contributed by atoms with Crippen LogP contribution in [0.15, 0.2) is 43.0 Å². The lowest BCUT2D eigenvalue weighted by atomic mass is 10.1. The molecule has 0 radical (unpaired) electrons. The standard InChI is InChI=1S/C13H18O2/c1-3-13(9-11(2)14)15-10-12-7-5-4-6-8-12/h3-8,11,13-14H,1,9-10H2,2H3. The summed E-state index contributed by atoms with van der Waals surface area (Å²) in [6, 6.07) is 9.97. The summed E-state index contributed by atoms with van der Waals surface area (Å²) in [6.45, 7) is 6.00. The second kappa shape index (κ2) is 6.38. The van der Waals surface area contributed by atoms with Gasteiger partial charge in [-0.3, -0.25) is 0 Å². The van der Waals surface area contributed by atoms with Crippen LogP contribution < -0.4 is 0 Å². The third kappa shape index (κ3) is 4.77. The van der Waals surface area contributed by atoms with Gasteiger partial charge in [-0.05, 0) is 12.5 Å². The Hall–Kier alpha value is -1.12. The normalized spacial score (nSPS) is 14.5. The Morgan fingerprint density at radius 1 is 1.40 bits per heavy atom.